The molecule has 1 unspecified atom stereocenters. The molecule has 4 rings (SSSR count). The lowest BCUT2D eigenvalue weighted by molar-refractivity contribution is 0.0786. The molecule has 0 radical (unpaired) electrons. The molecule has 0 spiro atoms. The van der Waals surface area contributed by atoms with E-state index in [4.69, 9.17) is 4.74 Å². The molecule has 0 N–H and O–H groups in total. The second-order valence-corrected chi connectivity index (χ2v) is 7.03. The first-order chi connectivity index (χ1) is 12.2. The number of carbonyl (C=O) groups is 1. The third kappa shape index (κ3) is 3.87. The zero-order valence-electron chi connectivity index (χ0n) is 14.5. The third-order valence-electron chi connectivity index (χ3n) is 4.84. The number of ether oxygens (including phenoxy) is 1. The van der Waals surface area contributed by atoms with Crippen molar-refractivity contribution in [3.63, 3.8) is 0 Å². The zero-order valence-corrected chi connectivity index (χ0v) is 14.5. The minimum absolute atomic E-state index is 0.0307. The lowest BCUT2D eigenvalue weighted by Crippen LogP contribution is -2.29. The van der Waals surface area contributed by atoms with Crippen LogP contribution in [0.25, 0.3) is 0 Å². The largest absolute Gasteiger partial charge is 0.375 e. The van der Waals surface area contributed by atoms with Crippen LogP contribution in [0.1, 0.15) is 47.1 Å². The van der Waals surface area contributed by atoms with Crippen molar-refractivity contribution in [2.75, 3.05) is 19.7 Å². The summed E-state index contributed by atoms with van der Waals surface area (Å²) < 4.78 is 7.53. The van der Waals surface area contributed by atoms with Crippen LogP contribution >= 0.6 is 0 Å². The summed E-state index contributed by atoms with van der Waals surface area (Å²) in [5, 5.41) is 8.42. The highest BCUT2D eigenvalue weighted by Gasteiger charge is 2.29. The first kappa shape index (κ1) is 16.2. The molecule has 2 aromatic rings. The fourth-order valence-electron chi connectivity index (χ4n) is 3.09. The van der Waals surface area contributed by atoms with Crippen molar-refractivity contribution in [2.24, 2.45) is 5.92 Å². The highest BCUT2D eigenvalue weighted by atomic mass is 16.5. The molecule has 3 heterocycles. The van der Waals surface area contributed by atoms with Crippen LogP contribution in [0.2, 0.25) is 0 Å². The van der Waals surface area contributed by atoms with Gasteiger partial charge in [-0.05, 0) is 44.2 Å². The van der Waals surface area contributed by atoms with Gasteiger partial charge < -0.3 is 9.64 Å². The van der Waals surface area contributed by atoms with Crippen molar-refractivity contribution >= 4 is 5.91 Å². The molecule has 1 aliphatic heterocycles. The maximum absolute atomic E-state index is 12.6. The normalized spacial score (nSPS) is 20.2. The van der Waals surface area contributed by atoms with E-state index >= 15 is 0 Å². The van der Waals surface area contributed by atoms with E-state index in [1.807, 2.05) is 34.8 Å². The van der Waals surface area contributed by atoms with Crippen LogP contribution in [-0.4, -0.2) is 50.5 Å². The van der Waals surface area contributed by atoms with Gasteiger partial charge in [-0.25, -0.2) is 4.68 Å². The Morgan fingerprint density at radius 3 is 2.96 bits per heavy atom. The smallest absolute Gasteiger partial charge is 0.255 e. The number of rotatable bonds is 6. The quantitative estimate of drug-likeness (QED) is 0.803. The van der Waals surface area contributed by atoms with Crippen molar-refractivity contribution < 1.29 is 9.53 Å². The maximum atomic E-state index is 12.6. The number of pyridine rings is 1. The van der Waals surface area contributed by atoms with Crippen LogP contribution in [0.5, 0.6) is 0 Å². The Morgan fingerprint density at radius 2 is 2.20 bits per heavy atom. The lowest BCUT2D eigenvalue weighted by Gasteiger charge is -2.16. The standard InChI is InChI=1S/C18H23N5O2/c1-13-2-5-15(8-19-13)18(24)22-7-6-17(10-22)23-9-16(20-21-23)12-25-11-14-3-4-14/h2,5,8-9,14,17H,3-4,6-7,10-12H2,1H3. The number of aryl methyl sites for hydroxylation is 1. The Morgan fingerprint density at radius 1 is 1.32 bits per heavy atom. The molecule has 132 valence electrons. The van der Waals surface area contributed by atoms with Gasteiger partial charge in [-0.1, -0.05) is 5.21 Å². The molecular weight excluding hydrogens is 318 g/mol. The average Bonchev–Trinajstić information content (AvgIpc) is 3.11. The highest BCUT2D eigenvalue weighted by Crippen LogP contribution is 2.29. The van der Waals surface area contributed by atoms with Crippen molar-refractivity contribution in [3.05, 3.63) is 41.5 Å². The van der Waals surface area contributed by atoms with Gasteiger partial charge in [0.1, 0.15) is 5.69 Å². The number of carbonyl (C=O) groups excluding carboxylic acids is 1. The van der Waals surface area contributed by atoms with E-state index in [0.29, 0.717) is 18.7 Å². The van der Waals surface area contributed by atoms with E-state index in [-0.39, 0.29) is 11.9 Å². The van der Waals surface area contributed by atoms with Crippen molar-refractivity contribution in [1.29, 1.82) is 0 Å². The summed E-state index contributed by atoms with van der Waals surface area (Å²) in [6.07, 6.45) is 7.05. The molecule has 7 nitrogen and oxygen atoms in total. The van der Waals surface area contributed by atoms with Gasteiger partial charge in [0.05, 0.1) is 24.4 Å². The summed E-state index contributed by atoms with van der Waals surface area (Å²) in [5.41, 5.74) is 2.40. The second kappa shape index (κ2) is 6.92. The molecule has 7 heteroatoms. The third-order valence-corrected chi connectivity index (χ3v) is 4.84. The van der Waals surface area contributed by atoms with Gasteiger partial charge in [0.25, 0.3) is 5.91 Å². The van der Waals surface area contributed by atoms with Crippen LogP contribution < -0.4 is 0 Å². The van der Waals surface area contributed by atoms with Gasteiger partial charge in [0, 0.05) is 31.6 Å². The van der Waals surface area contributed by atoms with Crippen LogP contribution in [0.3, 0.4) is 0 Å². The fraction of sp³-hybridized carbons (Fsp3) is 0.556. The number of hydrogen-bond acceptors (Lipinski definition) is 5. The Kier molecular flexibility index (Phi) is 4.48. The van der Waals surface area contributed by atoms with Gasteiger partial charge in [-0.2, -0.15) is 0 Å². The Hall–Kier alpha value is -2.28. The number of nitrogens with zero attached hydrogens (tertiary/aromatic N) is 5. The summed E-state index contributed by atoms with van der Waals surface area (Å²) in [5.74, 6) is 0.781. The first-order valence-electron chi connectivity index (χ1n) is 8.89. The molecular formula is C18H23N5O2. The number of hydrogen-bond donors (Lipinski definition) is 0. The average molecular weight is 341 g/mol. The topological polar surface area (TPSA) is 73.1 Å². The minimum Gasteiger partial charge on any atom is -0.375 e. The predicted molar refractivity (Wildman–Crippen MR) is 90.9 cm³/mol. The molecule has 1 saturated carbocycles. The number of amides is 1. The fourth-order valence-corrected chi connectivity index (χ4v) is 3.09. The van der Waals surface area contributed by atoms with Gasteiger partial charge in [0.2, 0.25) is 0 Å². The van der Waals surface area contributed by atoms with Gasteiger partial charge in [0.15, 0.2) is 0 Å². The van der Waals surface area contributed by atoms with E-state index < -0.39 is 0 Å². The number of likely N-dealkylation sites (tertiary alicyclic amines) is 1. The Balaban J connectivity index is 1.33. The molecule has 1 amide bonds. The van der Waals surface area contributed by atoms with Gasteiger partial charge in [-0.15, -0.1) is 5.10 Å². The highest BCUT2D eigenvalue weighted by molar-refractivity contribution is 5.94. The molecule has 1 saturated heterocycles. The SMILES string of the molecule is Cc1ccc(C(=O)N2CCC(n3cc(COCC4CC4)nn3)C2)cn1. The van der Waals surface area contributed by atoms with Crippen LogP contribution in [-0.2, 0) is 11.3 Å². The molecule has 2 aromatic heterocycles. The van der Waals surface area contributed by atoms with Crippen molar-refractivity contribution in [2.45, 2.75) is 38.8 Å². The van der Waals surface area contributed by atoms with Crippen molar-refractivity contribution in [3.8, 4) is 0 Å². The molecule has 25 heavy (non-hydrogen) atoms. The minimum atomic E-state index is 0.0307. The van der Waals surface area contributed by atoms with E-state index in [9.17, 15) is 4.79 Å². The van der Waals surface area contributed by atoms with E-state index in [1.54, 1.807) is 6.20 Å². The summed E-state index contributed by atoms with van der Waals surface area (Å²) in [6, 6.07) is 3.88. The monoisotopic (exact) mass is 341 g/mol. The Labute approximate surface area is 147 Å². The molecule has 2 aliphatic rings. The summed E-state index contributed by atoms with van der Waals surface area (Å²) in [7, 11) is 0. The summed E-state index contributed by atoms with van der Waals surface area (Å²) in [4.78, 5) is 18.6. The summed E-state index contributed by atoms with van der Waals surface area (Å²) >= 11 is 0. The molecule has 0 bridgehead atoms. The first-order valence-corrected chi connectivity index (χ1v) is 8.89. The molecule has 0 aromatic carbocycles. The summed E-state index contributed by atoms with van der Waals surface area (Å²) in [6.45, 7) is 4.63. The lowest BCUT2D eigenvalue weighted by atomic mass is 10.2. The van der Waals surface area contributed by atoms with Gasteiger partial charge in [-0.3, -0.25) is 9.78 Å². The zero-order chi connectivity index (χ0) is 17.2. The predicted octanol–water partition coefficient (Wildman–Crippen LogP) is 2.00. The van der Waals surface area contributed by atoms with Crippen molar-refractivity contribution in [1.82, 2.24) is 24.9 Å². The molecule has 2 fully saturated rings. The van der Waals surface area contributed by atoms with Crippen LogP contribution in [0.15, 0.2) is 24.5 Å². The van der Waals surface area contributed by atoms with Crippen LogP contribution in [0.4, 0.5) is 0 Å². The maximum Gasteiger partial charge on any atom is 0.255 e. The number of aromatic nitrogens is 4. The van der Waals surface area contributed by atoms with Gasteiger partial charge >= 0.3 is 0 Å². The molecule has 1 aliphatic carbocycles. The molecule has 1 atom stereocenters. The van der Waals surface area contributed by atoms with E-state index in [0.717, 1.165) is 36.9 Å². The second-order valence-electron chi connectivity index (χ2n) is 7.03. The van der Waals surface area contributed by atoms with E-state index in [2.05, 4.69) is 15.3 Å². The Bertz CT molecular complexity index is 738. The van der Waals surface area contributed by atoms with Crippen LogP contribution in [0, 0.1) is 12.8 Å². The van der Waals surface area contributed by atoms with E-state index in [1.165, 1.54) is 12.8 Å².